The molecule has 0 amide bonds. The second-order valence-electron chi connectivity index (χ2n) is 9.29. The van der Waals surface area contributed by atoms with E-state index in [1.54, 1.807) is 16.9 Å². The molecule has 184 valence electrons. The van der Waals surface area contributed by atoms with Crippen molar-refractivity contribution >= 4 is 46.7 Å². The number of nitrogens with zero attached hydrogens (tertiary/aromatic N) is 5. The van der Waals surface area contributed by atoms with Crippen molar-refractivity contribution in [1.82, 2.24) is 19.8 Å². The number of fused-ring (bicyclic) bond motifs is 1. The van der Waals surface area contributed by atoms with Gasteiger partial charge in [-0.05, 0) is 49.8 Å². The van der Waals surface area contributed by atoms with Crippen molar-refractivity contribution in [3.63, 3.8) is 0 Å². The van der Waals surface area contributed by atoms with E-state index in [1.165, 1.54) is 6.07 Å². The molecule has 2 aliphatic rings. The van der Waals surface area contributed by atoms with E-state index in [-0.39, 0.29) is 5.56 Å². The molecule has 1 aliphatic carbocycles. The standard InChI is InChI=1S/C26H23Cl2N5O3/c27-19-2-1-3-20(28)22(19)23-18(24(36-31-23)16-5-6-16)7-4-15-8-11-32(12-9-15)26-29-14-21-17(25(34)35)10-13-33(21)30-26/h1-4,7,10,13-16H,5-6,8-9,11-12H2,(H,34,35). The Kier molecular flexibility index (Phi) is 5.93. The van der Waals surface area contributed by atoms with E-state index in [0.29, 0.717) is 44.6 Å². The number of aromatic nitrogens is 4. The predicted molar refractivity (Wildman–Crippen MR) is 138 cm³/mol. The third kappa shape index (κ3) is 4.24. The highest BCUT2D eigenvalue weighted by Gasteiger charge is 2.33. The van der Waals surface area contributed by atoms with Gasteiger partial charge in [0.1, 0.15) is 11.5 Å². The first kappa shape index (κ1) is 23.1. The summed E-state index contributed by atoms with van der Waals surface area (Å²) in [6.07, 6.45) is 11.7. The molecule has 2 fully saturated rings. The lowest BCUT2D eigenvalue weighted by Crippen LogP contribution is -2.34. The topological polar surface area (TPSA) is 96.8 Å². The fourth-order valence-electron chi connectivity index (χ4n) is 4.76. The van der Waals surface area contributed by atoms with Crippen LogP contribution >= 0.6 is 23.2 Å². The highest BCUT2D eigenvalue weighted by molar-refractivity contribution is 6.39. The third-order valence-electron chi connectivity index (χ3n) is 6.90. The van der Waals surface area contributed by atoms with Gasteiger partial charge < -0.3 is 14.5 Å². The smallest absolute Gasteiger partial charge is 0.338 e. The molecule has 3 aromatic heterocycles. The maximum Gasteiger partial charge on any atom is 0.338 e. The zero-order chi connectivity index (χ0) is 24.8. The number of carboxylic acids is 1. The van der Waals surface area contributed by atoms with Crippen LogP contribution in [0.15, 0.2) is 47.3 Å². The zero-order valence-electron chi connectivity index (χ0n) is 19.3. The average molecular weight is 524 g/mol. The highest BCUT2D eigenvalue weighted by Crippen LogP contribution is 2.46. The fraction of sp³-hybridized carbons (Fsp3) is 0.308. The van der Waals surface area contributed by atoms with Gasteiger partial charge in [0.15, 0.2) is 0 Å². The highest BCUT2D eigenvalue weighted by atomic mass is 35.5. The van der Waals surface area contributed by atoms with E-state index >= 15 is 0 Å². The summed E-state index contributed by atoms with van der Waals surface area (Å²) >= 11 is 13.0. The quantitative estimate of drug-likeness (QED) is 0.321. The molecule has 1 aliphatic heterocycles. The first-order valence-electron chi connectivity index (χ1n) is 11.9. The third-order valence-corrected chi connectivity index (χ3v) is 7.53. The van der Waals surface area contributed by atoms with Crippen LogP contribution in [0.2, 0.25) is 10.0 Å². The molecule has 8 nitrogen and oxygen atoms in total. The number of carbonyl (C=O) groups is 1. The molecule has 1 saturated heterocycles. The van der Waals surface area contributed by atoms with Crippen molar-refractivity contribution in [2.75, 3.05) is 18.0 Å². The average Bonchev–Trinajstić information content (AvgIpc) is 3.49. The molecule has 1 N–H and O–H groups in total. The molecule has 0 bridgehead atoms. The van der Waals surface area contributed by atoms with Gasteiger partial charge in [0.25, 0.3) is 0 Å². The summed E-state index contributed by atoms with van der Waals surface area (Å²) in [6.45, 7) is 1.60. The molecule has 0 spiro atoms. The molecule has 4 heterocycles. The van der Waals surface area contributed by atoms with Gasteiger partial charge in [-0.25, -0.2) is 14.3 Å². The molecular weight excluding hydrogens is 501 g/mol. The minimum atomic E-state index is -0.987. The Hall–Kier alpha value is -3.36. The van der Waals surface area contributed by atoms with Crippen LogP contribution in [0, 0.1) is 5.92 Å². The Balaban J connectivity index is 1.19. The van der Waals surface area contributed by atoms with Crippen molar-refractivity contribution in [1.29, 1.82) is 0 Å². The van der Waals surface area contributed by atoms with Crippen LogP contribution in [0.1, 0.15) is 53.3 Å². The van der Waals surface area contributed by atoms with Crippen molar-refractivity contribution in [3.8, 4) is 11.3 Å². The Morgan fingerprint density at radius 1 is 1.11 bits per heavy atom. The Bertz CT molecular complexity index is 1460. The van der Waals surface area contributed by atoms with Crippen LogP contribution in [-0.4, -0.2) is 43.9 Å². The van der Waals surface area contributed by atoms with Gasteiger partial charge in [-0.15, -0.1) is 5.10 Å². The lowest BCUT2D eigenvalue weighted by Gasteiger charge is -2.30. The summed E-state index contributed by atoms with van der Waals surface area (Å²) in [5.41, 5.74) is 3.04. The number of anilines is 1. The molecule has 0 atom stereocenters. The van der Waals surface area contributed by atoms with Gasteiger partial charge in [0.05, 0.1) is 27.3 Å². The van der Waals surface area contributed by atoms with Crippen LogP contribution in [0.5, 0.6) is 0 Å². The lowest BCUT2D eigenvalue weighted by atomic mass is 9.94. The summed E-state index contributed by atoms with van der Waals surface area (Å²) in [5.74, 6) is 1.30. The molecule has 36 heavy (non-hydrogen) atoms. The van der Waals surface area contributed by atoms with Crippen LogP contribution in [0.25, 0.3) is 22.9 Å². The maximum absolute atomic E-state index is 11.3. The first-order chi connectivity index (χ1) is 17.5. The Morgan fingerprint density at radius 3 is 2.56 bits per heavy atom. The van der Waals surface area contributed by atoms with Gasteiger partial charge in [-0.3, -0.25) is 0 Å². The monoisotopic (exact) mass is 523 g/mol. The summed E-state index contributed by atoms with van der Waals surface area (Å²) in [4.78, 5) is 17.9. The van der Waals surface area contributed by atoms with E-state index in [9.17, 15) is 9.90 Å². The summed E-state index contributed by atoms with van der Waals surface area (Å²) < 4.78 is 7.34. The molecule has 4 aromatic rings. The second-order valence-corrected chi connectivity index (χ2v) is 10.1. The van der Waals surface area contributed by atoms with Gasteiger partial charge in [-0.1, -0.05) is 46.6 Å². The molecule has 1 aromatic carbocycles. The van der Waals surface area contributed by atoms with Crippen LogP contribution in [0.3, 0.4) is 0 Å². The van der Waals surface area contributed by atoms with E-state index in [0.717, 1.165) is 50.1 Å². The van der Waals surface area contributed by atoms with Crippen molar-refractivity contribution in [2.24, 2.45) is 5.92 Å². The van der Waals surface area contributed by atoms with E-state index in [1.807, 2.05) is 18.2 Å². The minimum Gasteiger partial charge on any atom is -0.478 e. The van der Waals surface area contributed by atoms with Gasteiger partial charge in [-0.2, -0.15) is 0 Å². The number of allylic oxidation sites excluding steroid dienone is 1. The number of hydrogen-bond donors (Lipinski definition) is 1. The van der Waals surface area contributed by atoms with Crippen LogP contribution < -0.4 is 4.90 Å². The number of hydrogen-bond acceptors (Lipinski definition) is 6. The fourth-order valence-corrected chi connectivity index (χ4v) is 5.33. The lowest BCUT2D eigenvalue weighted by molar-refractivity contribution is 0.0699. The van der Waals surface area contributed by atoms with Gasteiger partial charge >= 0.3 is 5.97 Å². The summed E-state index contributed by atoms with van der Waals surface area (Å²) in [6, 6.07) is 6.99. The number of carboxylic acid groups (broad SMARTS) is 1. The SMILES string of the molecule is O=C(O)c1ccn2nc(N3CCC(C=Cc4c(-c5c(Cl)cccc5Cl)noc4C4CC4)CC3)ncc12. The number of piperidine rings is 1. The summed E-state index contributed by atoms with van der Waals surface area (Å²) in [5, 5.41) is 19.3. The van der Waals surface area contributed by atoms with Crippen LogP contribution in [-0.2, 0) is 0 Å². The number of halogens is 2. The van der Waals surface area contributed by atoms with Crippen molar-refractivity contribution in [3.05, 3.63) is 69.7 Å². The van der Waals surface area contributed by atoms with Crippen LogP contribution in [0.4, 0.5) is 5.95 Å². The molecule has 10 heteroatoms. The molecule has 6 rings (SSSR count). The molecule has 1 saturated carbocycles. The normalized spacial score (nSPS) is 16.9. The maximum atomic E-state index is 11.3. The first-order valence-corrected chi connectivity index (χ1v) is 12.7. The van der Waals surface area contributed by atoms with E-state index in [4.69, 9.17) is 27.7 Å². The minimum absolute atomic E-state index is 0.196. The van der Waals surface area contributed by atoms with Crippen molar-refractivity contribution < 1.29 is 14.4 Å². The number of aromatic carboxylic acids is 1. The zero-order valence-corrected chi connectivity index (χ0v) is 20.8. The molecular formula is C26H23Cl2N5O3. The number of benzene rings is 1. The van der Waals surface area contributed by atoms with E-state index in [2.05, 4.69) is 32.3 Å². The largest absolute Gasteiger partial charge is 0.478 e. The Morgan fingerprint density at radius 2 is 1.86 bits per heavy atom. The summed E-state index contributed by atoms with van der Waals surface area (Å²) in [7, 11) is 0. The van der Waals surface area contributed by atoms with E-state index < -0.39 is 5.97 Å². The van der Waals surface area contributed by atoms with Gasteiger partial charge in [0, 0.05) is 36.3 Å². The van der Waals surface area contributed by atoms with Crippen molar-refractivity contribution in [2.45, 2.75) is 31.6 Å². The van der Waals surface area contributed by atoms with Gasteiger partial charge in [0.2, 0.25) is 5.95 Å². The molecule has 0 unspecified atom stereocenters. The number of rotatable bonds is 6. The molecule has 0 radical (unpaired) electrons. The Labute approximate surface area is 217 Å². The second kappa shape index (κ2) is 9.26. The predicted octanol–water partition coefficient (Wildman–Crippen LogP) is 6.20.